The van der Waals surface area contributed by atoms with Gasteiger partial charge in [-0.1, -0.05) is 36.4 Å². The van der Waals surface area contributed by atoms with Gasteiger partial charge in [0.1, 0.15) is 0 Å². The van der Waals surface area contributed by atoms with E-state index in [2.05, 4.69) is 86.7 Å². The van der Waals surface area contributed by atoms with Gasteiger partial charge in [-0.15, -0.1) is 0 Å². The van der Waals surface area contributed by atoms with E-state index >= 15 is 0 Å². The van der Waals surface area contributed by atoms with E-state index in [4.69, 9.17) is 0 Å². The lowest BCUT2D eigenvalue weighted by Crippen LogP contribution is -2.21. The molecule has 0 aliphatic rings. The Morgan fingerprint density at radius 3 is 2.29 bits per heavy atom. The van der Waals surface area contributed by atoms with E-state index in [9.17, 15) is 0 Å². The molecule has 2 aromatic carbocycles. The van der Waals surface area contributed by atoms with Crippen LogP contribution in [0, 0.1) is 6.92 Å². The fraction of sp³-hybridized carbons (Fsp3) is 0.368. The van der Waals surface area contributed by atoms with Gasteiger partial charge in [-0.3, -0.25) is 0 Å². The van der Waals surface area contributed by atoms with Gasteiger partial charge in [-0.2, -0.15) is 0 Å². The van der Waals surface area contributed by atoms with Gasteiger partial charge in [0.2, 0.25) is 0 Å². The predicted molar refractivity (Wildman–Crippen MR) is 92.1 cm³/mol. The van der Waals surface area contributed by atoms with Crippen LogP contribution in [-0.4, -0.2) is 20.6 Å². The maximum absolute atomic E-state index is 3.61. The second-order valence-corrected chi connectivity index (χ2v) is 5.84. The van der Waals surface area contributed by atoms with Crippen LogP contribution in [0.1, 0.15) is 29.7 Å². The Hall–Kier alpha value is -1.80. The highest BCUT2D eigenvalue weighted by atomic mass is 15.1. The molecule has 0 aliphatic heterocycles. The first kappa shape index (κ1) is 15.6. The van der Waals surface area contributed by atoms with E-state index < -0.39 is 0 Å². The van der Waals surface area contributed by atoms with E-state index in [1.165, 1.54) is 22.4 Å². The fourth-order valence-corrected chi connectivity index (χ4v) is 2.49. The molecule has 1 N–H and O–H groups in total. The molecule has 0 spiro atoms. The van der Waals surface area contributed by atoms with Gasteiger partial charge < -0.3 is 10.2 Å². The van der Waals surface area contributed by atoms with Gasteiger partial charge in [0.05, 0.1) is 0 Å². The Kier molecular flexibility index (Phi) is 5.40. The molecule has 2 aromatic rings. The lowest BCUT2D eigenvalue weighted by Gasteiger charge is -2.17. The number of benzene rings is 2. The Balaban J connectivity index is 1.87. The Labute approximate surface area is 128 Å². The summed E-state index contributed by atoms with van der Waals surface area (Å²) in [5, 5.41) is 3.61. The van der Waals surface area contributed by atoms with Crippen molar-refractivity contribution in [1.29, 1.82) is 0 Å². The summed E-state index contributed by atoms with van der Waals surface area (Å²) in [6.45, 7) is 5.41. The third-order valence-corrected chi connectivity index (χ3v) is 4.02. The highest BCUT2D eigenvalue weighted by molar-refractivity contribution is 5.46. The van der Waals surface area contributed by atoms with Crippen molar-refractivity contribution in [2.45, 2.75) is 26.3 Å². The standard InChI is InChI=1S/C19H26N2/c1-15-7-5-6-8-17(15)13-14-20-16(2)18-9-11-19(12-10-18)21(3)4/h5-12,16,20H,13-14H2,1-4H3. The molecule has 0 radical (unpaired) electrons. The van der Waals surface area contributed by atoms with Crippen LogP contribution in [0.15, 0.2) is 48.5 Å². The highest BCUT2D eigenvalue weighted by Crippen LogP contribution is 2.17. The third kappa shape index (κ3) is 4.33. The quantitative estimate of drug-likeness (QED) is 0.863. The third-order valence-electron chi connectivity index (χ3n) is 4.02. The summed E-state index contributed by atoms with van der Waals surface area (Å²) in [5.74, 6) is 0. The summed E-state index contributed by atoms with van der Waals surface area (Å²) in [6, 6.07) is 17.8. The first-order chi connectivity index (χ1) is 10.1. The van der Waals surface area contributed by atoms with Crippen molar-refractivity contribution in [2.24, 2.45) is 0 Å². The minimum atomic E-state index is 0.380. The average molecular weight is 282 g/mol. The molecule has 2 heteroatoms. The van der Waals surface area contributed by atoms with Gasteiger partial charge in [0.25, 0.3) is 0 Å². The molecule has 1 atom stereocenters. The molecule has 0 heterocycles. The maximum atomic E-state index is 3.61. The van der Waals surface area contributed by atoms with Crippen LogP contribution < -0.4 is 10.2 Å². The van der Waals surface area contributed by atoms with Crippen molar-refractivity contribution in [1.82, 2.24) is 5.32 Å². The lowest BCUT2D eigenvalue weighted by atomic mass is 10.0. The summed E-state index contributed by atoms with van der Waals surface area (Å²) in [7, 11) is 4.14. The molecule has 1 unspecified atom stereocenters. The maximum Gasteiger partial charge on any atom is 0.0361 e. The zero-order chi connectivity index (χ0) is 15.2. The van der Waals surface area contributed by atoms with Crippen LogP contribution in [0.4, 0.5) is 5.69 Å². The van der Waals surface area contributed by atoms with Crippen LogP contribution in [0.2, 0.25) is 0 Å². The SMILES string of the molecule is Cc1ccccc1CCNC(C)c1ccc(N(C)C)cc1. The van der Waals surface area contributed by atoms with E-state index in [0.29, 0.717) is 6.04 Å². The molecule has 0 fully saturated rings. The molecule has 2 nitrogen and oxygen atoms in total. The van der Waals surface area contributed by atoms with Crippen LogP contribution in [0.5, 0.6) is 0 Å². The first-order valence-electron chi connectivity index (χ1n) is 7.63. The number of nitrogens with one attached hydrogen (secondary N) is 1. The van der Waals surface area contributed by atoms with Crippen molar-refractivity contribution >= 4 is 5.69 Å². The zero-order valence-electron chi connectivity index (χ0n) is 13.6. The summed E-state index contributed by atoms with van der Waals surface area (Å²) in [6.07, 6.45) is 1.08. The summed E-state index contributed by atoms with van der Waals surface area (Å²) >= 11 is 0. The first-order valence-corrected chi connectivity index (χ1v) is 7.63. The smallest absolute Gasteiger partial charge is 0.0361 e. The Morgan fingerprint density at radius 1 is 1.00 bits per heavy atom. The zero-order valence-corrected chi connectivity index (χ0v) is 13.6. The van der Waals surface area contributed by atoms with E-state index in [-0.39, 0.29) is 0 Å². The number of nitrogens with zero attached hydrogens (tertiary/aromatic N) is 1. The minimum absolute atomic E-state index is 0.380. The number of aryl methyl sites for hydroxylation is 1. The van der Waals surface area contributed by atoms with Crippen LogP contribution >= 0.6 is 0 Å². The minimum Gasteiger partial charge on any atom is -0.378 e. The highest BCUT2D eigenvalue weighted by Gasteiger charge is 2.05. The molecular formula is C19H26N2. The van der Waals surface area contributed by atoms with Gasteiger partial charge in [0.15, 0.2) is 0 Å². The summed E-state index contributed by atoms with van der Waals surface area (Å²) in [4.78, 5) is 2.13. The number of hydrogen-bond donors (Lipinski definition) is 1. The monoisotopic (exact) mass is 282 g/mol. The second-order valence-electron chi connectivity index (χ2n) is 5.84. The topological polar surface area (TPSA) is 15.3 Å². The Morgan fingerprint density at radius 2 is 1.67 bits per heavy atom. The van der Waals surface area contributed by atoms with Crippen molar-refractivity contribution < 1.29 is 0 Å². The molecule has 0 saturated carbocycles. The Bertz CT molecular complexity index is 558. The normalized spacial score (nSPS) is 12.2. The largest absolute Gasteiger partial charge is 0.378 e. The number of hydrogen-bond acceptors (Lipinski definition) is 2. The predicted octanol–water partition coefficient (Wildman–Crippen LogP) is 3.95. The molecule has 0 bridgehead atoms. The average Bonchev–Trinajstić information content (AvgIpc) is 2.49. The van der Waals surface area contributed by atoms with Crippen molar-refractivity contribution in [3.63, 3.8) is 0 Å². The van der Waals surface area contributed by atoms with Crippen molar-refractivity contribution in [3.8, 4) is 0 Å². The van der Waals surface area contributed by atoms with Gasteiger partial charge >= 0.3 is 0 Å². The molecule has 0 amide bonds. The molecule has 0 saturated heterocycles. The fourth-order valence-electron chi connectivity index (χ4n) is 2.49. The van der Waals surface area contributed by atoms with Crippen LogP contribution in [0.3, 0.4) is 0 Å². The number of anilines is 1. The van der Waals surface area contributed by atoms with Gasteiger partial charge in [-0.25, -0.2) is 0 Å². The van der Waals surface area contributed by atoms with Crippen LogP contribution in [0.25, 0.3) is 0 Å². The molecule has 112 valence electrons. The summed E-state index contributed by atoms with van der Waals surface area (Å²) < 4.78 is 0. The number of rotatable bonds is 6. The van der Waals surface area contributed by atoms with Crippen LogP contribution in [-0.2, 0) is 6.42 Å². The summed E-state index contributed by atoms with van der Waals surface area (Å²) in [5.41, 5.74) is 5.39. The van der Waals surface area contributed by atoms with Gasteiger partial charge in [0, 0.05) is 25.8 Å². The second kappa shape index (κ2) is 7.28. The van der Waals surface area contributed by atoms with E-state index in [1.807, 2.05) is 0 Å². The van der Waals surface area contributed by atoms with Gasteiger partial charge in [-0.05, 0) is 55.6 Å². The molecule has 0 aromatic heterocycles. The molecule has 2 rings (SSSR count). The van der Waals surface area contributed by atoms with E-state index in [1.54, 1.807) is 0 Å². The molecule has 21 heavy (non-hydrogen) atoms. The van der Waals surface area contributed by atoms with Crippen molar-refractivity contribution in [2.75, 3.05) is 25.5 Å². The van der Waals surface area contributed by atoms with Crippen molar-refractivity contribution in [3.05, 3.63) is 65.2 Å². The molecular weight excluding hydrogens is 256 g/mol. The molecule has 0 aliphatic carbocycles. The van der Waals surface area contributed by atoms with E-state index in [0.717, 1.165) is 13.0 Å². The lowest BCUT2D eigenvalue weighted by molar-refractivity contribution is 0.576.